The summed E-state index contributed by atoms with van der Waals surface area (Å²) in [5, 5.41) is 3.39. The molecule has 1 amide bonds. The number of nitrogens with one attached hydrogen (secondary N) is 1. The van der Waals surface area contributed by atoms with Crippen molar-refractivity contribution in [2.45, 2.75) is 32.7 Å². The van der Waals surface area contributed by atoms with E-state index in [1.807, 2.05) is 6.20 Å². The van der Waals surface area contributed by atoms with E-state index in [4.69, 9.17) is 4.74 Å². The standard InChI is InChI=1S/C16H21N5O2S/c1-10(14-8-18-16(24-14)19-11(2)22)21-6-4-12-13(5-7-21)20-15(23-3)9-17-12/h8-10H,4-7H2,1-3H3,(H,18,19,22)/t10-/m1/s1. The van der Waals surface area contributed by atoms with Crippen molar-refractivity contribution in [1.29, 1.82) is 0 Å². The number of anilines is 1. The van der Waals surface area contributed by atoms with Gasteiger partial charge in [0.25, 0.3) is 0 Å². The highest BCUT2D eigenvalue weighted by Crippen LogP contribution is 2.29. The highest BCUT2D eigenvalue weighted by molar-refractivity contribution is 7.15. The fourth-order valence-electron chi connectivity index (χ4n) is 2.81. The Balaban J connectivity index is 1.70. The molecule has 2 aromatic rings. The Labute approximate surface area is 145 Å². The van der Waals surface area contributed by atoms with E-state index in [9.17, 15) is 4.79 Å². The van der Waals surface area contributed by atoms with Crippen molar-refractivity contribution in [1.82, 2.24) is 19.9 Å². The molecular weight excluding hydrogens is 326 g/mol. The highest BCUT2D eigenvalue weighted by Gasteiger charge is 2.23. The minimum atomic E-state index is -0.0973. The van der Waals surface area contributed by atoms with Gasteiger partial charge in [0.1, 0.15) is 0 Å². The van der Waals surface area contributed by atoms with Crippen LogP contribution in [0.5, 0.6) is 5.88 Å². The molecule has 7 nitrogen and oxygen atoms in total. The molecule has 0 saturated heterocycles. The van der Waals surface area contributed by atoms with Gasteiger partial charge in [-0.15, -0.1) is 11.3 Å². The molecule has 1 aliphatic rings. The lowest BCUT2D eigenvalue weighted by Gasteiger charge is -2.26. The molecule has 1 N–H and O–H groups in total. The topological polar surface area (TPSA) is 80.2 Å². The van der Waals surface area contributed by atoms with Crippen LogP contribution in [0.15, 0.2) is 12.4 Å². The third kappa shape index (κ3) is 3.70. The molecule has 0 aliphatic carbocycles. The maximum absolute atomic E-state index is 11.1. The Kier molecular flexibility index (Phi) is 5.06. The number of hydrogen-bond acceptors (Lipinski definition) is 7. The first-order valence-electron chi connectivity index (χ1n) is 7.93. The number of aromatic nitrogens is 3. The number of fused-ring (bicyclic) bond motifs is 1. The molecule has 0 aromatic carbocycles. The van der Waals surface area contributed by atoms with Crippen LogP contribution in [0.1, 0.15) is 36.2 Å². The average molecular weight is 347 g/mol. The van der Waals surface area contributed by atoms with Gasteiger partial charge in [0.2, 0.25) is 11.8 Å². The first-order chi connectivity index (χ1) is 11.6. The molecule has 0 radical (unpaired) electrons. The maximum Gasteiger partial charge on any atom is 0.232 e. The number of rotatable bonds is 4. The zero-order valence-electron chi connectivity index (χ0n) is 14.1. The monoisotopic (exact) mass is 347 g/mol. The van der Waals surface area contributed by atoms with E-state index < -0.39 is 0 Å². The molecule has 24 heavy (non-hydrogen) atoms. The van der Waals surface area contributed by atoms with E-state index in [0.29, 0.717) is 11.0 Å². The van der Waals surface area contributed by atoms with Crippen LogP contribution >= 0.6 is 11.3 Å². The van der Waals surface area contributed by atoms with E-state index in [1.54, 1.807) is 13.3 Å². The molecule has 8 heteroatoms. The second kappa shape index (κ2) is 7.23. The number of methoxy groups -OCH3 is 1. The molecule has 0 bridgehead atoms. The van der Waals surface area contributed by atoms with Crippen LogP contribution < -0.4 is 10.1 Å². The molecule has 1 atom stereocenters. The van der Waals surface area contributed by atoms with Gasteiger partial charge in [0.05, 0.1) is 24.7 Å². The molecule has 128 valence electrons. The minimum absolute atomic E-state index is 0.0973. The third-order valence-corrected chi connectivity index (χ3v) is 5.24. The molecule has 2 aromatic heterocycles. The van der Waals surface area contributed by atoms with E-state index in [-0.39, 0.29) is 11.9 Å². The molecule has 0 unspecified atom stereocenters. The van der Waals surface area contributed by atoms with Crippen molar-refractivity contribution < 1.29 is 9.53 Å². The quantitative estimate of drug-likeness (QED) is 0.912. The Morgan fingerprint density at radius 1 is 1.29 bits per heavy atom. The van der Waals surface area contributed by atoms with Crippen LogP contribution in [-0.2, 0) is 17.6 Å². The van der Waals surface area contributed by atoms with Crippen molar-refractivity contribution in [3.05, 3.63) is 28.7 Å². The Bertz CT molecular complexity index is 733. The molecule has 0 fully saturated rings. The van der Waals surface area contributed by atoms with Crippen LogP contribution in [0.4, 0.5) is 5.13 Å². The van der Waals surface area contributed by atoms with Crippen LogP contribution in [-0.4, -0.2) is 46.0 Å². The van der Waals surface area contributed by atoms with E-state index in [1.165, 1.54) is 18.3 Å². The van der Waals surface area contributed by atoms with Gasteiger partial charge in [0.15, 0.2) is 5.13 Å². The Morgan fingerprint density at radius 2 is 2.04 bits per heavy atom. The number of hydrogen-bond donors (Lipinski definition) is 1. The average Bonchev–Trinajstić information content (AvgIpc) is 2.91. The van der Waals surface area contributed by atoms with E-state index in [2.05, 4.69) is 32.1 Å². The number of carbonyl (C=O) groups is 1. The second-order valence-electron chi connectivity index (χ2n) is 5.77. The number of thiazole rings is 1. The lowest BCUT2D eigenvalue weighted by molar-refractivity contribution is -0.114. The summed E-state index contributed by atoms with van der Waals surface area (Å²) in [6.45, 7) is 5.49. The smallest absolute Gasteiger partial charge is 0.232 e. The summed E-state index contributed by atoms with van der Waals surface area (Å²) in [5.41, 5.74) is 2.07. The number of carbonyl (C=O) groups excluding carboxylic acids is 1. The van der Waals surface area contributed by atoms with Gasteiger partial charge >= 0.3 is 0 Å². The van der Waals surface area contributed by atoms with Crippen molar-refractivity contribution in [3.63, 3.8) is 0 Å². The summed E-state index contributed by atoms with van der Waals surface area (Å²) < 4.78 is 5.17. The lowest BCUT2D eigenvalue weighted by Crippen LogP contribution is -2.29. The molecule has 0 saturated carbocycles. The summed E-state index contributed by atoms with van der Waals surface area (Å²) in [4.78, 5) is 28.0. The van der Waals surface area contributed by atoms with Gasteiger partial charge in [0, 0.05) is 50.0 Å². The van der Waals surface area contributed by atoms with Gasteiger partial charge in [-0.05, 0) is 6.92 Å². The third-order valence-electron chi connectivity index (χ3n) is 4.16. The number of ether oxygens (including phenoxy) is 1. The predicted molar refractivity (Wildman–Crippen MR) is 92.4 cm³/mol. The van der Waals surface area contributed by atoms with Crippen molar-refractivity contribution >= 4 is 22.4 Å². The van der Waals surface area contributed by atoms with E-state index in [0.717, 1.165) is 42.2 Å². The number of nitrogens with zero attached hydrogens (tertiary/aromatic N) is 4. The number of amides is 1. The predicted octanol–water partition coefficient (Wildman–Crippen LogP) is 2.06. The molecule has 0 spiro atoms. The summed E-state index contributed by atoms with van der Waals surface area (Å²) in [6.07, 6.45) is 5.24. The van der Waals surface area contributed by atoms with Crippen molar-refractivity contribution in [3.8, 4) is 5.88 Å². The van der Waals surface area contributed by atoms with Gasteiger partial charge in [-0.3, -0.25) is 14.7 Å². The summed E-state index contributed by atoms with van der Waals surface area (Å²) in [6, 6.07) is 0.237. The second-order valence-corrected chi connectivity index (χ2v) is 6.83. The van der Waals surface area contributed by atoms with Crippen LogP contribution in [0.2, 0.25) is 0 Å². The molecular formula is C16H21N5O2S. The summed E-state index contributed by atoms with van der Waals surface area (Å²) >= 11 is 1.52. The summed E-state index contributed by atoms with van der Waals surface area (Å²) in [7, 11) is 1.61. The Morgan fingerprint density at radius 3 is 2.75 bits per heavy atom. The van der Waals surface area contributed by atoms with Crippen LogP contribution in [0.25, 0.3) is 0 Å². The molecule has 1 aliphatic heterocycles. The highest BCUT2D eigenvalue weighted by atomic mass is 32.1. The lowest BCUT2D eigenvalue weighted by atomic mass is 10.2. The van der Waals surface area contributed by atoms with Crippen molar-refractivity contribution in [2.24, 2.45) is 0 Å². The first kappa shape index (κ1) is 16.8. The fraction of sp³-hybridized carbons (Fsp3) is 0.500. The first-order valence-corrected chi connectivity index (χ1v) is 8.74. The summed E-state index contributed by atoms with van der Waals surface area (Å²) in [5.74, 6) is 0.470. The van der Waals surface area contributed by atoms with Gasteiger partial charge < -0.3 is 10.1 Å². The van der Waals surface area contributed by atoms with Crippen LogP contribution in [0.3, 0.4) is 0 Å². The zero-order valence-corrected chi connectivity index (χ0v) is 14.9. The molecule has 3 rings (SSSR count). The minimum Gasteiger partial charge on any atom is -0.480 e. The molecule has 3 heterocycles. The fourth-order valence-corrected chi connectivity index (χ4v) is 3.76. The SMILES string of the molecule is COc1cnc2c(n1)CCN([C@H](C)c1cnc(NC(C)=O)s1)CC2. The van der Waals surface area contributed by atoms with E-state index >= 15 is 0 Å². The van der Waals surface area contributed by atoms with Gasteiger partial charge in [-0.25, -0.2) is 9.97 Å². The maximum atomic E-state index is 11.1. The largest absolute Gasteiger partial charge is 0.480 e. The van der Waals surface area contributed by atoms with Crippen molar-refractivity contribution in [2.75, 3.05) is 25.5 Å². The zero-order chi connectivity index (χ0) is 17.1. The normalized spacial score (nSPS) is 16.1. The van der Waals surface area contributed by atoms with Gasteiger partial charge in [-0.2, -0.15) is 0 Å². The Hall–Kier alpha value is -2.06. The van der Waals surface area contributed by atoms with Gasteiger partial charge in [-0.1, -0.05) is 0 Å². The van der Waals surface area contributed by atoms with Crippen LogP contribution in [0, 0.1) is 0 Å².